The number of hydrogen-bond donors (Lipinski definition) is 1. The lowest BCUT2D eigenvalue weighted by molar-refractivity contribution is -0.0300. The summed E-state index contributed by atoms with van der Waals surface area (Å²) in [6.45, 7) is 11.4. The smallest absolute Gasteiger partial charge is 0.0668 e. The van der Waals surface area contributed by atoms with E-state index < -0.39 is 0 Å². The number of ether oxygens (including phenoxy) is 1. The molecular weight excluding hydrogens is 222 g/mol. The van der Waals surface area contributed by atoms with E-state index in [0.29, 0.717) is 6.61 Å². The van der Waals surface area contributed by atoms with Crippen LogP contribution in [-0.4, -0.2) is 19.3 Å². The van der Waals surface area contributed by atoms with Crippen molar-refractivity contribution in [3.05, 3.63) is 34.9 Å². The number of aryl methyl sites for hydroxylation is 2. The number of benzene rings is 1. The highest BCUT2D eigenvalue weighted by atomic mass is 16.5. The first-order valence-electron chi connectivity index (χ1n) is 6.78. The first kappa shape index (κ1) is 15.2. The lowest BCUT2D eigenvalue weighted by Gasteiger charge is -2.27. The first-order chi connectivity index (χ1) is 8.39. The number of nitrogens with one attached hydrogen (secondary N) is 1. The van der Waals surface area contributed by atoms with E-state index in [9.17, 15) is 0 Å². The molecule has 0 spiro atoms. The monoisotopic (exact) mass is 249 g/mol. The minimum absolute atomic E-state index is 0.0479. The highest BCUT2D eigenvalue weighted by Gasteiger charge is 2.19. The Hall–Kier alpha value is -0.860. The van der Waals surface area contributed by atoms with Crippen LogP contribution in [-0.2, 0) is 4.74 Å². The highest BCUT2D eigenvalue weighted by Crippen LogP contribution is 2.22. The molecule has 1 atom stereocenters. The fraction of sp³-hybridized carbons (Fsp3) is 0.625. The summed E-state index contributed by atoms with van der Waals surface area (Å²) in [5.41, 5.74) is 3.91. The molecule has 1 aromatic rings. The molecule has 0 aliphatic rings. The molecule has 0 aromatic heterocycles. The van der Waals surface area contributed by atoms with Crippen LogP contribution < -0.4 is 5.32 Å². The lowest BCUT2D eigenvalue weighted by Crippen LogP contribution is -2.30. The van der Waals surface area contributed by atoms with Gasteiger partial charge in [0.15, 0.2) is 0 Å². The Morgan fingerprint density at radius 1 is 1.28 bits per heavy atom. The minimum Gasteiger partial charge on any atom is -0.374 e. The second kappa shape index (κ2) is 6.35. The van der Waals surface area contributed by atoms with E-state index in [2.05, 4.69) is 58.1 Å². The van der Waals surface area contributed by atoms with Crippen LogP contribution in [0.3, 0.4) is 0 Å². The average Bonchev–Trinajstić information content (AvgIpc) is 2.32. The van der Waals surface area contributed by atoms with Crippen molar-refractivity contribution < 1.29 is 4.74 Å². The van der Waals surface area contributed by atoms with E-state index in [1.165, 1.54) is 16.7 Å². The van der Waals surface area contributed by atoms with E-state index in [4.69, 9.17) is 4.74 Å². The van der Waals surface area contributed by atoms with Gasteiger partial charge in [-0.2, -0.15) is 0 Å². The molecule has 0 amide bonds. The van der Waals surface area contributed by atoms with Gasteiger partial charge in [-0.05, 0) is 52.3 Å². The molecule has 102 valence electrons. The molecule has 0 saturated carbocycles. The van der Waals surface area contributed by atoms with Gasteiger partial charge in [-0.3, -0.25) is 0 Å². The van der Waals surface area contributed by atoms with Crippen molar-refractivity contribution >= 4 is 0 Å². The van der Waals surface area contributed by atoms with Crippen LogP contribution in [0.4, 0.5) is 0 Å². The van der Waals surface area contributed by atoms with Crippen molar-refractivity contribution in [2.75, 3.05) is 13.7 Å². The van der Waals surface area contributed by atoms with Gasteiger partial charge in [0.05, 0.1) is 18.2 Å². The topological polar surface area (TPSA) is 21.3 Å². The SMILES string of the molecule is CCC(C)(C)OCC(NC)c1ccc(C)cc1C. The summed E-state index contributed by atoms with van der Waals surface area (Å²) in [6, 6.07) is 6.85. The van der Waals surface area contributed by atoms with Crippen LogP contribution in [0.2, 0.25) is 0 Å². The summed E-state index contributed by atoms with van der Waals surface area (Å²) in [5.74, 6) is 0. The molecule has 0 heterocycles. The van der Waals surface area contributed by atoms with Gasteiger partial charge in [0.25, 0.3) is 0 Å². The van der Waals surface area contributed by atoms with Gasteiger partial charge in [0, 0.05) is 0 Å². The van der Waals surface area contributed by atoms with Gasteiger partial charge in [-0.1, -0.05) is 30.7 Å². The van der Waals surface area contributed by atoms with Gasteiger partial charge < -0.3 is 10.1 Å². The van der Waals surface area contributed by atoms with Gasteiger partial charge in [0.2, 0.25) is 0 Å². The van der Waals surface area contributed by atoms with Crippen molar-refractivity contribution in [1.82, 2.24) is 5.32 Å². The zero-order valence-corrected chi connectivity index (χ0v) is 12.6. The molecule has 0 fully saturated rings. The molecule has 0 radical (unpaired) electrons. The van der Waals surface area contributed by atoms with E-state index in [1.54, 1.807) is 0 Å². The fourth-order valence-electron chi connectivity index (χ4n) is 1.96. The van der Waals surface area contributed by atoms with Crippen LogP contribution in [0, 0.1) is 13.8 Å². The number of rotatable bonds is 6. The van der Waals surface area contributed by atoms with Crippen LogP contribution in [0.25, 0.3) is 0 Å². The van der Waals surface area contributed by atoms with Gasteiger partial charge >= 0.3 is 0 Å². The van der Waals surface area contributed by atoms with E-state index in [1.807, 2.05) is 7.05 Å². The summed E-state index contributed by atoms with van der Waals surface area (Å²) >= 11 is 0. The van der Waals surface area contributed by atoms with Crippen molar-refractivity contribution in [3.8, 4) is 0 Å². The van der Waals surface area contributed by atoms with E-state index in [0.717, 1.165) is 6.42 Å². The Labute approximate surface area is 112 Å². The fourth-order valence-corrected chi connectivity index (χ4v) is 1.96. The molecule has 0 saturated heterocycles. The molecule has 1 N–H and O–H groups in total. The number of likely N-dealkylation sites (N-methyl/N-ethyl adjacent to an activating group) is 1. The predicted octanol–water partition coefficient (Wildman–Crippen LogP) is 3.77. The summed E-state index contributed by atoms with van der Waals surface area (Å²) in [7, 11) is 1.99. The summed E-state index contributed by atoms with van der Waals surface area (Å²) in [6.07, 6.45) is 1.02. The zero-order chi connectivity index (χ0) is 13.8. The second-order valence-corrected chi connectivity index (χ2v) is 5.63. The minimum atomic E-state index is -0.0479. The van der Waals surface area contributed by atoms with Crippen LogP contribution in [0.1, 0.15) is 49.9 Å². The predicted molar refractivity (Wildman–Crippen MR) is 78.0 cm³/mol. The Bertz CT molecular complexity index is 385. The van der Waals surface area contributed by atoms with Gasteiger partial charge in [-0.15, -0.1) is 0 Å². The van der Waals surface area contributed by atoms with Gasteiger partial charge in [0.1, 0.15) is 0 Å². The quantitative estimate of drug-likeness (QED) is 0.828. The summed E-state index contributed by atoms with van der Waals surface area (Å²) in [4.78, 5) is 0. The summed E-state index contributed by atoms with van der Waals surface area (Å²) < 4.78 is 6.01. The molecule has 1 rings (SSSR count). The number of hydrogen-bond acceptors (Lipinski definition) is 2. The lowest BCUT2D eigenvalue weighted by atomic mass is 9.99. The third-order valence-corrected chi connectivity index (χ3v) is 3.64. The first-order valence-corrected chi connectivity index (χ1v) is 6.78. The average molecular weight is 249 g/mol. The third-order valence-electron chi connectivity index (χ3n) is 3.64. The van der Waals surface area contributed by atoms with Crippen molar-refractivity contribution in [2.24, 2.45) is 0 Å². The molecular formula is C16H27NO. The van der Waals surface area contributed by atoms with E-state index in [-0.39, 0.29) is 11.6 Å². The Kier molecular flexibility index (Phi) is 5.36. The van der Waals surface area contributed by atoms with Crippen molar-refractivity contribution in [3.63, 3.8) is 0 Å². The molecule has 1 unspecified atom stereocenters. The third kappa shape index (κ3) is 4.11. The molecule has 18 heavy (non-hydrogen) atoms. The largest absolute Gasteiger partial charge is 0.374 e. The molecule has 0 aliphatic carbocycles. The Morgan fingerprint density at radius 3 is 2.44 bits per heavy atom. The molecule has 0 aliphatic heterocycles. The normalized spacial score (nSPS) is 13.7. The Balaban J connectivity index is 2.77. The molecule has 1 aromatic carbocycles. The molecule has 0 bridgehead atoms. The summed E-state index contributed by atoms with van der Waals surface area (Å²) in [5, 5.41) is 3.35. The standard InChI is InChI=1S/C16H27NO/c1-7-16(4,5)18-11-15(17-6)14-9-8-12(2)10-13(14)3/h8-10,15,17H,7,11H2,1-6H3. The van der Waals surface area contributed by atoms with Crippen LogP contribution in [0.15, 0.2) is 18.2 Å². The van der Waals surface area contributed by atoms with Gasteiger partial charge in [-0.25, -0.2) is 0 Å². The zero-order valence-electron chi connectivity index (χ0n) is 12.6. The highest BCUT2D eigenvalue weighted by molar-refractivity contribution is 5.32. The van der Waals surface area contributed by atoms with Crippen molar-refractivity contribution in [1.29, 1.82) is 0 Å². The molecule has 2 heteroatoms. The van der Waals surface area contributed by atoms with Crippen LogP contribution in [0.5, 0.6) is 0 Å². The van der Waals surface area contributed by atoms with Crippen molar-refractivity contribution in [2.45, 2.75) is 52.7 Å². The van der Waals surface area contributed by atoms with Crippen LogP contribution >= 0.6 is 0 Å². The maximum Gasteiger partial charge on any atom is 0.0668 e. The maximum atomic E-state index is 6.01. The molecule has 2 nitrogen and oxygen atoms in total. The maximum absolute atomic E-state index is 6.01. The second-order valence-electron chi connectivity index (χ2n) is 5.63. The Morgan fingerprint density at radius 2 is 1.94 bits per heavy atom. The van der Waals surface area contributed by atoms with E-state index >= 15 is 0 Å².